The molecule has 2 aromatic rings. The van der Waals surface area contributed by atoms with Gasteiger partial charge in [-0.2, -0.15) is 17.7 Å². The van der Waals surface area contributed by atoms with Crippen LogP contribution < -0.4 is 14.6 Å². The van der Waals surface area contributed by atoms with Crippen LogP contribution in [0.4, 0.5) is 23.7 Å². The molecule has 0 unspecified atom stereocenters. The monoisotopic (exact) mass is 592 g/mol. The lowest BCUT2D eigenvalue weighted by Gasteiger charge is -2.36. The number of rotatable bonds is 7. The molecule has 0 radical (unpaired) electrons. The number of aryl methyl sites for hydroxylation is 1. The number of aromatic nitrogens is 1. The van der Waals surface area contributed by atoms with Crippen LogP contribution >= 0.6 is 0 Å². The fourth-order valence-corrected chi connectivity index (χ4v) is 4.53. The maximum atomic E-state index is 12.4. The Morgan fingerprint density at radius 1 is 1.13 bits per heavy atom. The molecular formula is C25H35F3N2O7SSi. The van der Waals surface area contributed by atoms with Crippen molar-refractivity contribution >= 4 is 30.2 Å². The maximum absolute atomic E-state index is 12.4. The van der Waals surface area contributed by atoms with Gasteiger partial charge in [0.2, 0.25) is 0 Å². The van der Waals surface area contributed by atoms with Crippen LogP contribution in [0.15, 0.2) is 42.5 Å². The van der Waals surface area contributed by atoms with E-state index in [9.17, 15) is 18.0 Å². The molecule has 1 amide bonds. The van der Waals surface area contributed by atoms with E-state index >= 15 is 0 Å². The van der Waals surface area contributed by atoms with Gasteiger partial charge in [-0.05, 0) is 29.8 Å². The first-order valence-electron chi connectivity index (χ1n) is 12.1. The summed E-state index contributed by atoms with van der Waals surface area (Å²) in [6, 6.07) is 13.7. The third-order valence-corrected chi connectivity index (χ3v) is 11.7. The quantitative estimate of drug-likeness (QED) is 0.201. The average Bonchev–Trinajstić information content (AvgIpc) is 3.24. The Morgan fingerprint density at radius 3 is 2.23 bits per heavy atom. The minimum absolute atomic E-state index is 0.162. The van der Waals surface area contributed by atoms with Crippen LogP contribution in [-0.4, -0.2) is 46.6 Å². The molecule has 1 aliphatic heterocycles. The molecule has 0 saturated carbocycles. The number of fused-ring (bicyclic) bond motifs is 1. The van der Waals surface area contributed by atoms with Crippen molar-refractivity contribution in [3.8, 4) is 5.88 Å². The largest absolute Gasteiger partial charge is 0.741 e. The van der Waals surface area contributed by atoms with E-state index < -0.39 is 30.0 Å². The first kappa shape index (κ1) is 32.5. The van der Waals surface area contributed by atoms with Crippen molar-refractivity contribution in [3.05, 3.63) is 53.7 Å². The topological polar surface area (TPSA) is 118 Å². The average molecular weight is 593 g/mol. The normalized spacial score (nSPS) is 15.6. The summed E-state index contributed by atoms with van der Waals surface area (Å²) >= 11 is 0. The maximum Gasteiger partial charge on any atom is 0.485 e. The van der Waals surface area contributed by atoms with Crippen LogP contribution in [0.2, 0.25) is 18.1 Å². The Morgan fingerprint density at radius 2 is 1.72 bits per heavy atom. The number of anilines is 1. The van der Waals surface area contributed by atoms with E-state index in [0.717, 1.165) is 18.4 Å². The molecule has 14 heteroatoms. The second kappa shape index (κ2) is 12.7. The minimum atomic E-state index is -6.09. The van der Waals surface area contributed by atoms with Crippen molar-refractivity contribution in [1.29, 1.82) is 0 Å². The summed E-state index contributed by atoms with van der Waals surface area (Å²) in [5.41, 5.74) is -2.92. The summed E-state index contributed by atoms with van der Waals surface area (Å²) in [6.45, 7) is 12.1. The highest BCUT2D eigenvalue weighted by molar-refractivity contribution is 7.86. The van der Waals surface area contributed by atoms with Crippen molar-refractivity contribution in [3.63, 3.8) is 0 Å². The first-order valence-corrected chi connectivity index (χ1v) is 16.4. The van der Waals surface area contributed by atoms with Crippen molar-refractivity contribution in [2.45, 2.75) is 69.9 Å². The van der Waals surface area contributed by atoms with Gasteiger partial charge in [0.1, 0.15) is 6.61 Å². The Bertz CT molecular complexity index is 1230. The molecule has 9 nitrogen and oxygen atoms in total. The van der Waals surface area contributed by atoms with Gasteiger partial charge in [-0.15, -0.1) is 0 Å². The summed E-state index contributed by atoms with van der Waals surface area (Å²) in [5.74, 6) is 0.635. The molecule has 39 heavy (non-hydrogen) atoms. The number of carbonyl (C=O) groups excluding carboxylic acids is 1. The Hall–Kier alpha value is -2.68. The Labute approximate surface area is 228 Å². The molecule has 1 aliphatic rings. The number of carbonyl (C=O) groups is 1. The molecule has 1 N–H and O–H groups in total. The summed E-state index contributed by atoms with van der Waals surface area (Å²) in [5, 5.41) is 3.00. The zero-order chi connectivity index (χ0) is 29.6. The first-order chi connectivity index (χ1) is 17.9. The van der Waals surface area contributed by atoms with Crippen molar-refractivity contribution in [2.75, 3.05) is 19.0 Å². The fraction of sp³-hybridized carbons (Fsp3) is 0.520. The molecule has 3 rings (SSSR count). The number of alkyl halides is 3. The fourth-order valence-electron chi connectivity index (χ4n) is 3.49. The highest BCUT2D eigenvalue weighted by atomic mass is 32.2. The SMILES string of the molecule is COc1c(NC(=O)OCc2ccccc2)ccc2[n+]1[C@H](CO[Si](C)(C)C(C)(C)C)CC2.O=S(=O)([O-])C(F)(F)F. The molecule has 218 valence electrons. The standard InChI is InChI=1S/C24H34N2O4Si.CHF3O3S/c1-24(2,3)31(5,6)30-17-20-13-12-19-14-15-21(22(28-4)26(19)20)25-23(27)29-16-18-10-8-7-9-11-18;2-1(3,4)8(5,6)7/h7-11,14-15,20H,12-13,16-17H2,1-6H3;(H,5,6,7)/t20-;/m0./s1. The van der Waals surface area contributed by atoms with Crippen molar-refractivity contribution < 1.29 is 49.4 Å². The van der Waals surface area contributed by atoms with Gasteiger partial charge in [-0.3, -0.25) is 5.32 Å². The summed E-state index contributed by atoms with van der Waals surface area (Å²) in [4.78, 5) is 12.4. The third-order valence-electron chi connectivity index (χ3n) is 6.67. The number of halogens is 3. The van der Waals surface area contributed by atoms with Crippen molar-refractivity contribution in [1.82, 2.24) is 0 Å². The molecule has 0 spiro atoms. The molecular weight excluding hydrogens is 557 g/mol. The van der Waals surface area contributed by atoms with Gasteiger partial charge in [0.05, 0.1) is 13.7 Å². The minimum Gasteiger partial charge on any atom is -0.741 e. The number of hydrogen-bond acceptors (Lipinski definition) is 7. The molecule has 0 fully saturated rings. The zero-order valence-corrected chi connectivity index (χ0v) is 24.6. The van der Waals surface area contributed by atoms with E-state index in [1.807, 2.05) is 42.5 Å². The molecule has 1 atom stereocenters. The lowest BCUT2D eigenvalue weighted by Crippen LogP contribution is -2.47. The molecule has 1 aromatic carbocycles. The van der Waals surface area contributed by atoms with Gasteiger partial charge < -0.3 is 18.5 Å². The molecule has 0 aliphatic carbocycles. The molecule has 0 saturated heterocycles. The van der Waals surface area contributed by atoms with Crippen LogP contribution in [0.3, 0.4) is 0 Å². The second-order valence-corrected chi connectivity index (χ2v) is 16.6. The lowest BCUT2D eigenvalue weighted by molar-refractivity contribution is -0.720. The van der Waals surface area contributed by atoms with E-state index in [2.05, 4.69) is 43.7 Å². The number of benzene rings is 1. The zero-order valence-electron chi connectivity index (χ0n) is 22.8. The smallest absolute Gasteiger partial charge is 0.485 e. The van der Waals surface area contributed by atoms with E-state index in [-0.39, 0.29) is 17.7 Å². The molecule has 2 heterocycles. The Balaban J connectivity index is 0.000000580. The number of methoxy groups -OCH3 is 1. The van der Waals surface area contributed by atoms with E-state index in [4.69, 9.17) is 26.9 Å². The number of nitrogens with zero attached hydrogens (tertiary/aromatic N) is 1. The van der Waals surface area contributed by atoms with Crippen LogP contribution in [0, 0.1) is 0 Å². The highest BCUT2D eigenvalue weighted by Gasteiger charge is 2.42. The van der Waals surface area contributed by atoms with Gasteiger partial charge in [-0.25, -0.2) is 13.2 Å². The molecule has 1 aromatic heterocycles. The number of nitrogens with one attached hydrogen (secondary N) is 1. The van der Waals surface area contributed by atoms with Gasteiger partial charge in [0.15, 0.2) is 35.9 Å². The summed E-state index contributed by atoms with van der Waals surface area (Å²) in [6.07, 6.45) is 1.45. The predicted octanol–water partition coefficient (Wildman–Crippen LogP) is 5.29. The van der Waals surface area contributed by atoms with Gasteiger partial charge in [0, 0.05) is 18.9 Å². The van der Waals surface area contributed by atoms with Crippen LogP contribution in [-0.2, 0) is 32.3 Å². The molecule has 0 bridgehead atoms. The van der Waals surface area contributed by atoms with E-state index in [1.54, 1.807) is 7.11 Å². The third kappa shape index (κ3) is 8.91. The van der Waals surface area contributed by atoms with Gasteiger partial charge in [-0.1, -0.05) is 51.1 Å². The van der Waals surface area contributed by atoms with Crippen molar-refractivity contribution in [2.24, 2.45) is 0 Å². The van der Waals surface area contributed by atoms with E-state index in [1.165, 1.54) is 5.69 Å². The predicted molar refractivity (Wildman–Crippen MR) is 140 cm³/mol. The number of pyridine rings is 1. The number of ether oxygens (including phenoxy) is 2. The van der Waals surface area contributed by atoms with Crippen LogP contribution in [0.1, 0.15) is 44.5 Å². The highest BCUT2D eigenvalue weighted by Crippen LogP contribution is 2.37. The number of amides is 1. The summed E-state index contributed by atoms with van der Waals surface area (Å²) < 4.78 is 78.7. The van der Waals surface area contributed by atoms with Gasteiger partial charge in [0.25, 0.3) is 0 Å². The van der Waals surface area contributed by atoms with Gasteiger partial charge >= 0.3 is 17.5 Å². The van der Waals surface area contributed by atoms with Crippen LogP contribution in [0.5, 0.6) is 5.88 Å². The second-order valence-electron chi connectivity index (χ2n) is 10.5. The van der Waals surface area contributed by atoms with E-state index in [0.29, 0.717) is 18.2 Å². The van der Waals surface area contributed by atoms with Crippen LogP contribution in [0.25, 0.3) is 0 Å². The summed E-state index contributed by atoms with van der Waals surface area (Å²) in [7, 11) is -6.31. The Kier molecular flexibility index (Phi) is 10.6. The lowest BCUT2D eigenvalue weighted by atomic mass is 10.2. The number of hydrogen-bond donors (Lipinski definition) is 1.